The van der Waals surface area contributed by atoms with Crippen LogP contribution < -0.4 is 0 Å². The molecule has 0 heterocycles. The third-order valence-corrected chi connectivity index (χ3v) is 10.2. The molecular weight excluding hydrogens is 458 g/mol. The second-order valence-corrected chi connectivity index (χ2v) is 11.6. The predicted octanol–water partition coefficient (Wildman–Crippen LogP) is 4.46. The molecule has 0 aliphatic heterocycles. The summed E-state index contributed by atoms with van der Waals surface area (Å²) in [5.41, 5.74) is -0.136. The number of rotatable bonds is 8. The number of carbonyl (C=O) groups is 1. The van der Waals surface area contributed by atoms with Crippen LogP contribution in [0, 0.1) is 5.82 Å². The lowest BCUT2D eigenvalue weighted by molar-refractivity contribution is -0.117. The van der Waals surface area contributed by atoms with E-state index in [-0.39, 0.29) is 5.56 Å². The zero-order valence-corrected chi connectivity index (χ0v) is 18.6. The maximum Gasteiger partial charge on any atom is 0.324 e. The standard InChI is InChI=1S/C23H20F2O5S2/c1-17(26)16-22(18-12-14-19(24)15-13-18)23(25,31(27,28)20-8-4-2-5-9-20)32(29,30)21-10-6-3-7-11-21/h2-15,22H,16H2,1H3/t22-/m0/s1. The van der Waals surface area contributed by atoms with Gasteiger partial charge in [0, 0.05) is 6.42 Å². The molecule has 0 bridgehead atoms. The van der Waals surface area contributed by atoms with Crippen molar-refractivity contribution in [1.29, 1.82) is 0 Å². The van der Waals surface area contributed by atoms with Crippen LogP contribution in [0.3, 0.4) is 0 Å². The second-order valence-electron chi connectivity index (χ2n) is 7.23. The van der Waals surface area contributed by atoms with Crippen molar-refractivity contribution in [2.24, 2.45) is 0 Å². The van der Waals surface area contributed by atoms with Crippen LogP contribution in [0.25, 0.3) is 0 Å². The molecule has 0 unspecified atom stereocenters. The lowest BCUT2D eigenvalue weighted by Gasteiger charge is -2.33. The Bertz CT molecular complexity index is 1240. The summed E-state index contributed by atoms with van der Waals surface area (Å²) < 4.78 is 81.1. The predicted molar refractivity (Wildman–Crippen MR) is 116 cm³/mol. The average Bonchev–Trinajstić information content (AvgIpc) is 2.78. The SMILES string of the molecule is CC(=O)C[C@@H](c1ccc(F)cc1)C(F)(S(=O)(=O)c1ccccc1)S(=O)(=O)c1ccccc1. The Morgan fingerprint density at radius 2 is 1.19 bits per heavy atom. The van der Waals surface area contributed by atoms with Gasteiger partial charge >= 0.3 is 4.33 Å². The van der Waals surface area contributed by atoms with Crippen LogP contribution in [0.4, 0.5) is 8.78 Å². The third-order valence-electron chi connectivity index (χ3n) is 5.02. The fraction of sp³-hybridized carbons (Fsp3) is 0.174. The smallest absolute Gasteiger partial charge is 0.300 e. The van der Waals surface area contributed by atoms with Gasteiger partial charge in [0.1, 0.15) is 11.6 Å². The fourth-order valence-corrected chi connectivity index (χ4v) is 8.06. The summed E-state index contributed by atoms with van der Waals surface area (Å²) in [5, 5.41) is 0. The van der Waals surface area contributed by atoms with Crippen LogP contribution in [0.2, 0.25) is 0 Å². The van der Waals surface area contributed by atoms with Crippen molar-refractivity contribution in [3.8, 4) is 0 Å². The van der Waals surface area contributed by atoms with Crippen LogP contribution in [-0.4, -0.2) is 27.0 Å². The summed E-state index contributed by atoms with van der Waals surface area (Å²) in [4.78, 5) is 10.9. The molecule has 32 heavy (non-hydrogen) atoms. The first kappa shape index (κ1) is 23.7. The lowest BCUT2D eigenvalue weighted by atomic mass is 9.95. The number of Topliss-reactive ketones (excluding diaryl/α,β-unsaturated/α-hetero) is 1. The van der Waals surface area contributed by atoms with Crippen LogP contribution in [0.1, 0.15) is 24.8 Å². The van der Waals surface area contributed by atoms with E-state index in [0.29, 0.717) is 0 Å². The second kappa shape index (κ2) is 8.91. The van der Waals surface area contributed by atoms with Crippen molar-refractivity contribution in [3.05, 3.63) is 96.3 Å². The topological polar surface area (TPSA) is 85.3 Å². The fourth-order valence-electron chi connectivity index (χ4n) is 3.46. The van der Waals surface area contributed by atoms with Gasteiger partial charge in [-0.1, -0.05) is 48.5 Å². The first-order valence-electron chi connectivity index (χ1n) is 9.55. The van der Waals surface area contributed by atoms with Gasteiger partial charge in [0.15, 0.2) is 0 Å². The molecule has 3 rings (SSSR count). The molecule has 3 aromatic carbocycles. The molecule has 0 amide bonds. The van der Waals surface area contributed by atoms with E-state index in [9.17, 15) is 26.0 Å². The van der Waals surface area contributed by atoms with Gasteiger partial charge < -0.3 is 4.79 Å². The molecular formula is C23H20F2O5S2. The Labute approximate surface area is 185 Å². The van der Waals surface area contributed by atoms with E-state index < -0.39 is 57.7 Å². The molecule has 0 radical (unpaired) electrons. The van der Waals surface area contributed by atoms with Gasteiger partial charge in [-0.3, -0.25) is 0 Å². The Morgan fingerprint density at radius 1 is 0.781 bits per heavy atom. The number of hydrogen-bond acceptors (Lipinski definition) is 5. The maximum absolute atomic E-state index is 17.1. The minimum absolute atomic E-state index is 0.136. The highest BCUT2D eigenvalue weighted by Gasteiger charge is 2.63. The summed E-state index contributed by atoms with van der Waals surface area (Å²) in [6, 6.07) is 16.7. The average molecular weight is 479 g/mol. The molecule has 0 N–H and O–H groups in total. The van der Waals surface area contributed by atoms with Crippen molar-refractivity contribution in [3.63, 3.8) is 0 Å². The van der Waals surface area contributed by atoms with Gasteiger partial charge in [-0.05, 0) is 48.9 Å². The van der Waals surface area contributed by atoms with E-state index in [2.05, 4.69) is 0 Å². The molecule has 9 heteroatoms. The van der Waals surface area contributed by atoms with Gasteiger partial charge in [-0.25, -0.2) is 25.6 Å². The number of sulfone groups is 2. The number of hydrogen-bond donors (Lipinski definition) is 0. The summed E-state index contributed by atoms with van der Waals surface area (Å²) in [6.45, 7) is 1.10. The van der Waals surface area contributed by atoms with Crippen molar-refractivity contribution in [2.75, 3.05) is 0 Å². The van der Waals surface area contributed by atoms with E-state index in [4.69, 9.17) is 0 Å². The first-order valence-corrected chi connectivity index (χ1v) is 12.5. The molecule has 1 atom stereocenters. The maximum atomic E-state index is 17.1. The highest BCUT2D eigenvalue weighted by molar-refractivity contribution is 8.10. The van der Waals surface area contributed by atoms with Crippen LogP contribution in [-0.2, 0) is 24.5 Å². The zero-order valence-electron chi connectivity index (χ0n) is 17.0. The molecule has 0 spiro atoms. The van der Waals surface area contributed by atoms with E-state index >= 15 is 4.39 Å². The quantitative estimate of drug-likeness (QED) is 0.477. The van der Waals surface area contributed by atoms with E-state index in [0.717, 1.165) is 55.5 Å². The van der Waals surface area contributed by atoms with Crippen LogP contribution in [0.15, 0.2) is 94.7 Å². The molecule has 0 saturated heterocycles. The largest absolute Gasteiger partial charge is 0.324 e. The molecule has 3 aromatic rings. The minimum atomic E-state index is -5.21. The van der Waals surface area contributed by atoms with Crippen molar-refractivity contribution >= 4 is 25.5 Å². The molecule has 168 valence electrons. The summed E-state index contributed by atoms with van der Waals surface area (Å²) in [7, 11) is -10.4. The van der Waals surface area contributed by atoms with E-state index in [1.54, 1.807) is 0 Å². The zero-order chi connectivity index (χ0) is 23.6. The minimum Gasteiger partial charge on any atom is -0.300 e. The lowest BCUT2D eigenvalue weighted by Crippen LogP contribution is -2.48. The van der Waals surface area contributed by atoms with Crippen molar-refractivity contribution < 1.29 is 30.4 Å². The Balaban J connectivity index is 2.40. The van der Waals surface area contributed by atoms with E-state index in [1.165, 1.54) is 36.4 Å². The molecule has 0 aromatic heterocycles. The highest BCUT2D eigenvalue weighted by Crippen LogP contribution is 2.48. The van der Waals surface area contributed by atoms with Crippen LogP contribution >= 0.6 is 0 Å². The molecule has 0 saturated carbocycles. The van der Waals surface area contributed by atoms with Gasteiger partial charge in [0.25, 0.3) is 0 Å². The molecule has 0 fully saturated rings. The summed E-state index contributed by atoms with van der Waals surface area (Å²) >= 11 is 0. The number of alkyl halides is 1. The Kier molecular flexibility index (Phi) is 6.61. The molecule has 0 aliphatic rings. The number of carbonyl (C=O) groups excluding carboxylic acids is 1. The Hall–Kier alpha value is -2.91. The van der Waals surface area contributed by atoms with Gasteiger partial charge in [0.05, 0.1) is 15.7 Å². The highest BCUT2D eigenvalue weighted by atomic mass is 32.3. The number of ketones is 1. The van der Waals surface area contributed by atoms with Crippen LogP contribution in [0.5, 0.6) is 0 Å². The number of halogens is 2. The summed E-state index contributed by atoms with van der Waals surface area (Å²) in [5.74, 6) is -3.26. The number of benzene rings is 3. The van der Waals surface area contributed by atoms with E-state index in [1.807, 2.05) is 0 Å². The van der Waals surface area contributed by atoms with Gasteiger partial charge in [0.2, 0.25) is 19.7 Å². The monoisotopic (exact) mass is 478 g/mol. The normalized spacial score (nSPS) is 13.5. The van der Waals surface area contributed by atoms with Crippen molar-refractivity contribution in [2.45, 2.75) is 33.4 Å². The molecule has 0 aliphatic carbocycles. The van der Waals surface area contributed by atoms with Crippen molar-refractivity contribution in [1.82, 2.24) is 0 Å². The Morgan fingerprint density at radius 3 is 1.56 bits per heavy atom. The molecule has 5 nitrogen and oxygen atoms in total. The van der Waals surface area contributed by atoms with Gasteiger partial charge in [-0.15, -0.1) is 0 Å². The third kappa shape index (κ3) is 4.10. The first-order chi connectivity index (χ1) is 15.0. The summed E-state index contributed by atoms with van der Waals surface area (Å²) in [6.07, 6.45) is -0.736. The van der Waals surface area contributed by atoms with Gasteiger partial charge in [-0.2, -0.15) is 0 Å².